The summed E-state index contributed by atoms with van der Waals surface area (Å²) in [6, 6.07) is 6.57. The minimum absolute atomic E-state index is 0.0189. The van der Waals surface area contributed by atoms with Crippen LogP contribution in [0.5, 0.6) is 5.75 Å². The van der Waals surface area contributed by atoms with Gasteiger partial charge in [0.15, 0.2) is 6.23 Å². The maximum absolute atomic E-state index is 12.5. The van der Waals surface area contributed by atoms with Gasteiger partial charge in [-0.05, 0) is 17.7 Å². The van der Waals surface area contributed by atoms with Crippen LogP contribution in [0.4, 0.5) is 0 Å². The zero-order valence-corrected chi connectivity index (χ0v) is 19.6. The van der Waals surface area contributed by atoms with E-state index in [0.717, 1.165) is 16.8 Å². The minimum Gasteiger partial charge on any atom is -0.508 e. The first kappa shape index (κ1) is 25.1. The number of nitrogens with one attached hydrogen (secondary N) is 2. The largest absolute Gasteiger partial charge is 0.508 e. The third-order valence-electron chi connectivity index (χ3n) is 6.05. The van der Waals surface area contributed by atoms with Gasteiger partial charge in [-0.3, -0.25) is 19.1 Å². The van der Waals surface area contributed by atoms with E-state index in [1.807, 2.05) is 0 Å². The highest BCUT2D eigenvalue weighted by Crippen LogP contribution is 2.29. The van der Waals surface area contributed by atoms with Gasteiger partial charge in [0.05, 0.1) is 25.7 Å². The number of aliphatic hydroxyl groups excluding tert-OH is 2. The molecule has 15 heteroatoms. The minimum atomic E-state index is -1.44. The van der Waals surface area contributed by atoms with Crippen LogP contribution in [0.3, 0.4) is 0 Å². The fourth-order valence-corrected chi connectivity index (χ4v) is 4.22. The summed E-state index contributed by atoms with van der Waals surface area (Å²) in [5.41, 5.74) is -1.07. The van der Waals surface area contributed by atoms with E-state index >= 15 is 0 Å². The molecule has 1 aliphatic rings. The average molecular weight is 526 g/mol. The lowest BCUT2D eigenvalue weighted by atomic mass is 10.1. The number of carbonyl (C=O) groups excluding carboxylic acids is 1. The normalized spacial score (nSPS) is 21.1. The molecule has 5 rings (SSSR count). The number of aliphatic hydroxyl groups is 2. The van der Waals surface area contributed by atoms with Gasteiger partial charge >= 0.3 is 11.3 Å². The van der Waals surface area contributed by atoms with Crippen LogP contribution < -0.4 is 22.2 Å². The van der Waals surface area contributed by atoms with E-state index in [9.17, 15) is 34.5 Å². The number of carbonyl (C=O) groups is 1. The Morgan fingerprint density at radius 3 is 2.74 bits per heavy atom. The van der Waals surface area contributed by atoms with Crippen molar-refractivity contribution in [1.29, 1.82) is 0 Å². The molecule has 38 heavy (non-hydrogen) atoms. The lowest BCUT2D eigenvalue weighted by Gasteiger charge is -2.16. The Bertz CT molecular complexity index is 1670. The van der Waals surface area contributed by atoms with Crippen molar-refractivity contribution in [3.05, 3.63) is 85.2 Å². The summed E-state index contributed by atoms with van der Waals surface area (Å²) in [6.45, 7) is -0.00248. The van der Waals surface area contributed by atoms with Crippen molar-refractivity contribution in [3.8, 4) is 5.75 Å². The van der Waals surface area contributed by atoms with Crippen LogP contribution in [-0.2, 0) is 29.0 Å². The van der Waals surface area contributed by atoms with Crippen molar-refractivity contribution in [3.63, 3.8) is 0 Å². The van der Waals surface area contributed by atoms with Crippen LogP contribution in [0.15, 0.2) is 61.5 Å². The van der Waals surface area contributed by atoms with Gasteiger partial charge in [-0.2, -0.15) is 0 Å². The summed E-state index contributed by atoms with van der Waals surface area (Å²) in [7, 11) is 0. The third kappa shape index (κ3) is 5.10. The standard InChI is InChI=1S/C23H22N6O9/c30-13-1-2-14-11(6-19(33)37-15(14)7-13)5-18(32)24-8-12-9-28(27-26-12)10-16-20(34)21(35)22(38-16)29-4-3-17(31)25-23(29)36/h1-4,6-7,9,16,20-22,30,34-35H,5,8,10H2,(H,24,32)(H,25,31,36)/t16-,20-,21-,22-/m1/s1. The molecule has 3 aromatic heterocycles. The van der Waals surface area contributed by atoms with Crippen molar-refractivity contribution in [1.82, 2.24) is 29.9 Å². The summed E-state index contributed by atoms with van der Waals surface area (Å²) in [4.78, 5) is 49.7. The molecule has 0 saturated carbocycles. The Morgan fingerprint density at radius 1 is 1.13 bits per heavy atom. The van der Waals surface area contributed by atoms with Crippen molar-refractivity contribution in [2.75, 3.05) is 0 Å². The van der Waals surface area contributed by atoms with Crippen molar-refractivity contribution in [2.45, 2.75) is 44.1 Å². The molecule has 0 bridgehead atoms. The number of aromatic hydroxyl groups is 1. The first-order valence-corrected chi connectivity index (χ1v) is 11.4. The summed E-state index contributed by atoms with van der Waals surface area (Å²) in [5, 5.41) is 41.5. The molecule has 4 atom stereocenters. The van der Waals surface area contributed by atoms with Gasteiger partial charge in [0.2, 0.25) is 5.91 Å². The topological polar surface area (TPSA) is 215 Å². The molecule has 0 radical (unpaired) electrons. The number of rotatable bonds is 7. The number of phenols is 1. The summed E-state index contributed by atoms with van der Waals surface area (Å²) in [5.74, 6) is -0.470. The Hall–Kier alpha value is -4.60. The smallest absolute Gasteiger partial charge is 0.336 e. The number of aromatic amines is 1. The van der Waals surface area contributed by atoms with Crippen LogP contribution in [-0.4, -0.2) is 64.1 Å². The molecule has 1 aliphatic heterocycles. The number of aromatic nitrogens is 5. The van der Waals surface area contributed by atoms with Crippen LogP contribution >= 0.6 is 0 Å². The monoisotopic (exact) mass is 526 g/mol. The highest BCUT2D eigenvalue weighted by Gasteiger charge is 2.44. The molecule has 198 valence electrons. The van der Waals surface area contributed by atoms with Gasteiger partial charge in [-0.25, -0.2) is 14.3 Å². The van der Waals surface area contributed by atoms with Gasteiger partial charge in [0.25, 0.3) is 5.56 Å². The van der Waals surface area contributed by atoms with Gasteiger partial charge in [-0.15, -0.1) is 5.10 Å². The summed E-state index contributed by atoms with van der Waals surface area (Å²) >= 11 is 0. The maximum atomic E-state index is 12.5. The fraction of sp³-hybridized carbons (Fsp3) is 0.304. The lowest BCUT2D eigenvalue weighted by Crippen LogP contribution is -2.37. The number of H-pyrrole nitrogens is 1. The Labute approximate surface area is 211 Å². The van der Waals surface area contributed by atoms with Gasteiger partial charge in [-0.1, -0.05) is 5.21 Å². The van der Waals surface area contributed by atoms with Crippen LogP contribution in [0.2, 0.25) is 0 Å². The molecular formula is C23H22N6O9. The number of phenolic OH excluding ortho intramolecular Hbond substituents is 1. The van der Waals surface area contributed by atoms with Gasteiger partial charge in [0, 0.05) is 29.8 Å². The fourth-order valence-electron chi connectivity index (χ4n) is 4.22. The quantitative estimate of drug-likeness (QED) is 0.168. The summed E-state index contributed by atoms with van der Waals surface area (Å²) in [6.07, 6.45) is -2.41. The van der Waals surface area contributed by atoms with E-state index in [4.69, 9.17) is 9.15 Å². The molecule has 4 aromatic rings. The van der Waals surface area contributed by atoms with E-state index in [2.05, 4.69) is 20.6 Å². The number of hydrogen-bond donors (Lipinski definition) is 5. The number of hydrogen-bond acceptors (Lipinski definition) is 11. The van der Waals surface area contributed by atoms with Crippen molar-refractivity contribution < 1.29 is 29.3 Å². The SMILES string of the molecule is O=C(Cc1cc(=O)oc2cc(O)ccc12)NCc1cn(C[C@H]2O[C@@H](n3ccc(=O)[nH]c3=O)[C@H](O)[C@@H]2O)nn1. The highest BCUT2D eigenvalue weighted by molar-refractivity contribution is 5.87. The van der Waals surface area contributed by atoms with E-state index < -0.39 is 47.3 Å². The first-order chi connectivity index (χ1) is 18.2. The van der Waals surface area contributed by atoms with Gasteiger partial charge in [0.1, 0.15) is 35.3 Å². The molecule has 0 aliphatic carbocycles. The number of amides is 1. The molecule has 1 amide bonds. The zero-order valence-electron chi connectivity index (χ0n) is 19.6. The predicted molar refractivity (Wildman–Crippen MR) is 127 cm³/mol. The van der Waals surface area contributed by atoms with E-state index in [1.165, 1.54) is 29.1 Å². The average Bonchev–Trinajstić information content (AvgIpc) is 3.42. The number of benzene rings is 1. The second-order valence-electron chi connectivity index (χ2n) is 8.72. The van der Waals surface area contributed by atoms with E-state index in [1.54, 1.807) is 6.07 Å². The van der Waals surface area contributed by atoms with Crippen molar-refractivity contribution >= 4 is 16.9 Å². The zero-order chi connectivity index (χ0) is 27.0. The molecule has 1 saturated heterocycles. The predicted octanol–water partition coefficient (Wildman–Crippen LogP) is -1.88. The Balaban J connectivity index is 1.20. The van der Waals surface area contributed by atoms with Gasteiger partial charge < -0.3 is 29.8 Å². The second kappa shape index (κ2) is 10.0. The molecule has 5 N–H and O–H groups in total. The third-order valence-corrected chi connectivity index (χ3v) is 6.05. The molecule has 1 fully saturated rings. The maximum Gasteiger partial charge on any atom is 0.336 e. The Morgan fingerprint density at radius 2 is 1.95 bits per heavy atom. The summed E-state index contributed by atoms with van der Waals surface area (Å²) < 4.78 is 13.0. The van der Waals surface area contributed by atoms with Crippen LogP contribution in [0.1, 0.15) is 17.5 Å². The van der Waals surface area contributed by atoms with Crippen LogP contribution in [0, 0.1) is 0 Å². The molecule has 0 spiro atoms. The number of nitrogens with zero attached hydrogens (tertiary/aromatic N) is 4. The second-order valence-corrected chi connectivity index (χ2v) is 8.72. The molecular weight excluding hydrogens is 504 g/mol. The molecule has 0 unspecified atom stereocenters. The lowest BCUT2D eigenvalue weighted by molar-refractivity contribution is -0.120. The van der Waals surface area contributed by atoms with E-state index in [-0.39, 0.29) is 30.8 Å². The molecule has 15 nitrogen and oxygen atoms in total. The molecule has 1 aromatic carbocycles. The van der Waals surface area contributed by atoms with Crippen molar-refractivity contribution in [2.24, 2.45) is 0 Å². The Kier molecular flexibility index (Phi) is 6.62. The van der Waals surface area contributed by atoms with Crippen LogP contribution in [0.25, 0.3) is 11.0 Å². The first-order valence-electron chi connectivity index (χ1n) is 11.4. The highest BCUT2D eigenvalue weighted by atomic mass is 16.6. The number of ether oxygens (including phenoxy) is 1. The number of fused-ring (bicyclic) bond motifs is 1. The molecule has 4 heterocycles. The van der Waals surface area contributed by atoms with E-state index in [0.29, 0.717) is 16.6 Å².